The number of amides is 3. The predicted octanol–water partition coefficient (Wildman–Crippen LogP) is -1.04. The molecular formula is C19H21N6NaO8S3. The molecule has 14 nitrogen and oxygen atoms in total. The maximum atomic E-state index is 12.9. The van der Waals surface area contributed by atoms with E-state index in [1.807, 2.05) is 0 Å². The number of thiazole rings is 1. The Balaban J connectivity index is 0.00000481. The van der Waals surface area contributed by atoms with Crippen molar-refractivity contribution in [1.82, 2.24) is 20.5 Å². The number of fused-ring (bicyclic) bond motifs is 1. The summed E-state index contributed by atoms with van der Waals surface area (Å²) in [6.45, 7) is 1.39. The van der Waals surface area contributed by atoms with Crippen LogP contribution in [0, 0.1) is 0 Å². The van der Waals surface area contributed by atoms with Crippen LogP contribution in [0.5, 0.6) is 0 Å². The zero-order valence-corrected chi connectivity index (χ0v) is 20.9. The number of rotatable bonds is 11. The van der Waals surface area contributed by atoms with Crippen molar-refractivity contribution in [2.45, 2.75) is 18.3 Å². The first kappa shape index (κ1) is 30.7. The van der Waals surface area contributed by atoms with Gasteiger partial charge in [-0.25, -0.2) is 14.6 Å². The number of carbonyl (C=O) groups excluding carboxylic acids is 3. The molecule has 0 aliphatic carbocycles. The molecule has 0 radical (unpaired) electrons. The molecule has 194 valence electrons. The minimum atomic E-state index is -1.32. The van der Waals surface area contributed by atoms with Crippen LogP contribution < -0.4 is 16.4 Å². The first-order chi connectivity index (χ1) is 17.1. The number of aliphatic carboxylic acids is 2. The van der Waals surface area contributed by atoms with Crippen LogP contribution in [0.2, 0.25) is 0 Å². The normalized spacial score (nSPS) is 19.0. The van der Waals surface area contributed by atoms with Gasteiger partial charge in [-0.05, 0) is 12.3 Å². The van der Waals surface area contributed by atoms with Crippen LogP contribution >= 0.6 is 34.9 Å². The van der Waals surface area contributed by atoms with Crippen LogP contribution in [0.3, 0.4) is 0 Å². The molecule has 18 heteroatoms. The number of nitrogens with zero attached hydrogens (tertiary/aromatic N) is 3. The molecule has 6 N–H and O–H groups in total. The third kappa shape index (κ3) is 7.48. The number of hydrogen-bond donors (Lipinski definition) is 5. The number of carboxylic acid groups (broad SMARTS) is 2. The Morgan fingerprint density at radius 2 is 2.11 bits per heavy atom. The second-order valence-corrected chi connectivity index (χ2v) is 9.93. The minimum absolute atomic E-state index is 0. The van der Waals surface area contributed by atoms with E-state index in [2.05, 4.69) is 25.6 Å². The van der Waals surface area contributed by atoms with Gasteiger partial charge < -0.3 is 31.4 Å². The van der Waals surface area contributed by atoms with Gasteiger partial charge >= 0.3 is 41.5 Å². The third-order valence-corrected chi connectivity index (χ3v) is 7.56. The molecular weight excluding hydrogens is 559 g/mol. The number of aromatic nitrogens is 1. The Hall–Kier alpha value is -2.57. The van der Waals surface area contributed by atoms with E-state index >= 15 is 0 Å². The molecule has 1 saturated heterocycles. The fourth-order valence-corrected chi connectivity index (χ4v) is 5.93. The van der Waals surface area contributed by atoms with Gasteiger partial charge in [-0.3, -0.25) is 19.3 Å². The molecule has 0 saturated carbocycles. The quantitative estimate of drug-likeness (QED) is 0.0698. The van der Waals surface area contributed by atoms with Crippen molar-refractivity contribution >= 4 is 105 Å². The number of nitrogen functional groups attached to an aromatic ring is 1. The van der Waals surface area contributed by atoms with E-state index in [4.69, 9.17) is 10.8 Å². The standard InChI is InChI=1S/C19H20N6O8S3.Na.H/c1-2-21-10(26)3-4-34-9-7-35-17-13(16(30)25(17)14(9)18(31)32)23-15(29)12(24-33-5-11(27)28)8-6-36-19(20)22-8;;/h3-4,6,13,17H,2,5,7H2,1H3,(H2,20,22)(H,21,26)(H,23,29)(H,27,28)(H,31,32);;/b4-3-,24-12-;;/t13-,17-;;/m1../s1. The van der Waals surface area contributed by atoms with Gasteiger partial charge in [0.1, 0.15) is 22.8 Å². The fourth-order valence-electron chi connectivity index (χ4n) is 3.05. The van der Waals surface area contributed by atoms with Crippen LogP contribution in [-0.4, -0.2) is 115 Å². The van der Waals surface area contributed by atoms with E-state index < -0.39 is 47.5 Å². The van der Waals surface area contributed by atoms with Gasteiger partial charge in [0.25, 0.3) is 11.8 Å². The molecule has 1 aromatic rings. The van der Waals surface area contributed by atoms with Gasteiger partial charge in [0, 0.05) is 28.7 Å². The van der Waals surface area contributed by atoms with Crippen LogP contribution in [0.25, 0.3) is 0 Å². The summed E-state index contributed by atoms with van der Waals surface area (Å²) >= 11 is 3.26. The predicted molar refractivity (Wildman–Crippen MR) is 139 cm³/mol. The average molecular weight is 581 g/mol. The second kappa shape index (κ2) is 13.8. The number of nitrogens with two attached hydrogens (primary N) is 1. The van der Waals surface area contributed by atoms with Crippen molar-refractivity contribution < 1.29 is 39.0 Å². The summed E-state index contributed by atoms with van der Waals surface area (Å²) in [4.78, 5) is 70.0. The summed E-state index contributed by atoms with van der Waals surface area (Å²) in [6, 6.07) is -1.07. The molecule has 37 heavy (non-hydrogen) atoms. The Morgan fingerprint density at radius 3 is 2.70 bits per heavy atom. The number of hydrogen-bond acceptors (Lipinski definition) is 12. The van der Waals surface area contributed by atoms with Gasteiger partial charge in [-0.1, -0.05) is 16.9 Å². The van der Waals surface area contributed by atoms with E-state index in [0.29, 0.717) is 11.4 Å². The molecule has 3 amide bonds. The maximum absolute atomic E-state index is 12.9. The zero-order chi connectivity index (χ0) is 26.4. The summed E-state index contributed by atoms with van der Waals surface area (Å²) < 4.78 is 0. The van der Waals surface area contributed by atoms with Crippen LogP contribution in [0.1, 0.15) is 12.6 Å². The topological polar surface area (TPSA) is 214 Å². The van der Waals surface area contributed by atoms with Crippen LogP contribution in [0.4, 0.5) is 5.13 Å². The van der Waals surface area contributed by atoms with Gasteiger partial charge in [0.15, 0.2) is 10.8 Å². The first-order valence-electron chi connectivity index (χ1n) is 10.1. The average Bonchev–Trinajstić information content (AvgIpc) is 3.25. The molecule has 3 heterocycles. The van der Waals surface area contributed by atoms with Crippen molar-refractivity contribution in [3.05, 3.63) is 33.2 Å². The third-order valence-electron chi connectivity index (χ3n) is 4.53. The van der Waals surface area contributed by atoms with Gasteiger partial charge in [-0.2, -0.15) is 0 Å². The van der Waals surface area contributed by atoms with Gasteiger partial charge in [0.05, 0.1) is 0 Å². The summed E-state index contributed by atoms with van der Waals surface area (Å²) in [6.07, 6.45) is 1.26. The second-order valence-electron chi connectivity index (χ2n) is 6.93. The Bertz CT molecular complexity index is 1190. The fraction of sp³-hybridized carbons (Fsp3) is 0.316. The number of β-lactam (4-membered cyclic amide) rings is 1. The van der Waals surface area contributed by atoms with Crippen molar-refractivity contribution in [3.63, 3.8) is 0 Å². The van der Waals surface area contributed by atoms with Crippen molar-refractivity contribution in [2.24, 2.45) is 5.16 Å². The molecule has 0 spiro atoms. The summed E-state index contributed by atoms with van der Waals surface area (Å²) in [5.41, 5.74) is 4.99. The van der Waals surface area contributed by atoms with Crippen molar-refractivity contribution in [3.8, 4) is 0 Å². The molecule has 0 unspecified atom stereocenters. The molecule has 0 aromatic carbocycles. The molecule has 2 atom stereocenters. The van der Waals surface area contributed by atoms with Gasteiger partial charge in [0.2, 0.25) is 12.5 Å². The molecule has 2 aliphatic rings. The van der Waals surface area contributed by atoms with E-state index in [-0.39, 0.29) is 57.7 Å². The number of carbonyl (C=O) groups is 5. The van der Waals surface area contributed by atoms with E-state index in [9.17, 15) is 29.1 Å². The van der Waals surface area contributed by atoms with Crippen LogP contribution in [-0.2, 0) is 28.8 Å². The SMILES string of the molecule is CCNC(=O)/C=C\SC1=C(C(=O)O)N2C(=O)[C@@H](NC(=O)/C(=N\OCC(=O)O)c3csc(N)n3)[C@H]2SC1.[NaH]. The zero-order valence-electron chi connectivity index (χ0n) is 18.5. The number of nitrogens with one attached hydrogen (secondary N) is 2. The number of carboxylic acids is 2. The Morgan fingerprint density at radius 1 is 1.38 bits per heavy atom. The molecule has 3 rings (SSSR count). The van der Waals surface area contributed by atoms with Gasteiger partial charge in [-0.15, -0.1) is 23.1 Å². The molecule has 2 aliphatic heterocycles. The summed E-state index contributed by atoms with van der Waals surface area (Å²) in [5, 5.41) is 29.3. The van der Waals surface area contributed by atoms with E-state index in [1.165, 1.54) is 28.6 Å². The Labute approximate surface area is 244 Å². The van der Waals surface area contributed by atoms with E-state index in [1.54, 1.807) is 6.92 Å². The molecule has 1 fully saturated rings. The molecule has 1 aromatic heterocycles. The van der Waals surface area contributed by atoms with Crippen molar-refractivity contribution in [2.75, 3.05) is 24.6 Å². The number of thioether (sulfide) groups is 2. The molecule has 0 bridgehead atoms. The van der Waals surface area contributed by atoms with E-state index in [0.717, 1.165) is 28.0 Å². The summed E-state index contributed by atoms with van der Waals surface area (Å²) in [5.74, 6) is -4.30. The van der Waals surface area contributed by atoms with Crippen molar-refractivity contribution in [1.29, 1.82) is 0 Å². The Kier molecular flexibility index (Phi) is 11.5. The van der Waals surface area contributed by atoms with Crippen LogP contribution in [0.15, 0.2) is 32.6 Å². The number of likely N-dealkylation sites (N-methyl/N-ethyl adjacent to an activating group) is 1. The number of oxime groups is 1. The number of anilines is 1. The summed E-state index contributed by atoms with van der Waals surface area (Å²) in [7, 11) is 0. The monoisotopic (exact) mass is 580 g/mol. The first-order valence-corrected chi connectivity index (χ1v) is 12.9.